The largest absolute Gasteiger partial charge is 0.117 e. The molecule has 2 saturated carbocycles. The molecule has 0 unspecified atom stereocenters. The Kier molecular flexibility index (Phi) is 1.56. The van der Waals surface area contributed by atoms with E-state index in [1.54, 1.807) is 0 Å². The molecule has 3 heteroatoms. The van der Waals surface area contributed by atoms with E-state index in [1.165, 1.54) is 0 Å². The van der Waals surface area contributed by atoms with E-state index in [1.807, 2.05) is 6.92 Å². The van der Waals surface area contributed by atoms with Crippen LogP contribution in [-0.4, -0.2) is 14.6 Å². The van der Waals surface area contributed by atoms with Crippen molar-refractivity contribution in [3.8, 4) is 0 Å². The Morgan fingerprint density at radius 3 is 1.45 bits per heavy atom. The van der Waals surface area contributed by atoms with Gasteiger partial charge in [-0.1, -0.05) is 0 Å². The first-order valence-corrected chi connectivity index (χ1v) is 5.12. The first kappa shape index (κ1) is 8.47. The Balaban J connectivity index is 2.21. The van der Waals surface area contributed by atoms with Crippen LogP contribution in [-0.2, 0) is 0 Å². The fourth-order valence-electron chi connectivity index (χ4n) is 1.56. The van der Waals surface area contributed by atoms with Gasteiger partial charge in [-0.3, -0.25) is 0 Å². The Hall–Kier alpha value is 0.870. The van der Waals surface area contributed by atoms with Crippen LogP contribution in [0.5, 0.6) is 0 Å². The van der Waals surface area contributed by atoms with Crippen molar-refractivity contribution in [2.75, 3.05) is 0 Å². The van der Waals surface area contributed by atoms with Crippen molar-refractivity contribution in [3.63, 3.8) is 0 Å². The molecule has 0 aromatic heterocycles. The highest BCUT2D eigenvalue weighted by Crippen LogP contribution is 2.66. The lowest BCUT2D eigenvalue weighted by molar-refractivity contribution is 0.536. The van der Waals surface area contributed by atoms with Gasteiger partial charge in [0.15, 0.2) is 0 Å². The number of rotatable bonds is 2. The van der Waals surface area contributed by atoms with Gasteiger partial charge >= 0.3 is 0 Å². The average Bonchev–Trinajstić information content (AvgIpc) is 2.72. The van der Waals surface area contributed by atoms with E-state index in [0.29, 0.717) is 0 Å². The summed E-state index contributed by atoms with van der Waals surface area (Å²) in [6, 6.07) is 0. The predicted molar refractivity (Wildman–Crippen MR) is 49.9 cm³/mol. The predicted octanol–water partition coefficient (Wildman–Crippen LogP) is 3.53. The molecule has 0 nitrogen and oxygen atoms in total. The maximum absolute atomic E-state index is 6.35. The van der Waals surface area contributed by atoms with Gasteiger partial charge in [-0.05, 0) is 32.6 Å². The fraction of sp³-hybridized carbons (Fsp3) is 1.00. The van der Waals surface area contributed by atoms with Crippen molar-refractivity contribution in [2.45, 2.75) is 47.2 Å². The second-order valence-corrected chi connectivity index (χ2v) is 6.14. The molecule has 2 aliphatic carbocycles. The highest BCUT2D eigenvalue weighted by Gasteiger charge is 2.68. The van der Waals surface area contributed by atoms with E-state index in [0.717, 1.165) is 25.7 Å². The number of alkyl halides is 3. The second kappa shape index (κ2) is 2.02. The Labute approximate surface area is 82.2 Å². The monoisotopic (exact) mass is 212 g/mol. The van der Waals surface area contributed by atoms with Crippen LogP contribution in [0.1, 0.15) is 32.6 Å². The second-order valence-electron chi connectivity index (χ2n) is 3.93. The maximum atomic E-state index is 6.35. The van der Waals surface area contributed by atoms with Gasteiger partial charge in [-0.25, -0.2) is 0 Å². The van der Waals surface area contributed by atoms with Gasteiger partial charge in [-0.15, -0.1) is 34.8 Å². The highest BCUT2D eigenvalue weighted by molar-refractivity contribution is 6.42. The van der Waals surface area contributed by atoms with Crippen LogP contribution >= 0.6 is 34.8 Å². The molecule has 0 heterocycles. The summed E-state index contributed by atoms with van der Waals surface area (Å²) in [5.74, 6) is 0. The Morgan fingerprint density at radius 1 is 1.00 bits per heavy atom. The van der Waals surface area contributed by atoms with Gasteiger partial charge in [0.1, 0.15) is 0 Å². The molecule has 11 heavy (non-hydrogen) atoms. The summed E-state index contributed by atoms with van der Waals surface area (Å²) in [5.41, 5.74) is 0. The molecule has 0 bridgehead atoms. The lowest BCUT2D eigenvalue weighted by atomic mass is 9.98. The third-order valence-electron chi connectivity index (χ3n) is 3.06. The van der Waals surface area contributed by atoms with Crippen LogP contribution < -0.4 is 0 Å². The minimum atomic E-state index is -0.400. The average molecular weight is 214 g/mol. The van der Waals surface area contributed by atoms with Gasteiger partial charge in [0.05, 0.1) is 14.6 Å². The summed E-state index contributed by atoms with van der Waals surface area (Å²) in [6.07, 6.45) is 4.07. The van der Waals surface area contributed by atoms with Crippen LogP contribution in [0.2, 0.25) is 0 Å². The van der Waals surface area contributed by atoms with Gasteiger partial charge < -0.3 is 0 Å². The normalized spacial score (nSPS) is 31.6. The van der Waals surface area contributed by atoms with E-state index in [9.17, 15) is 0 Å². The zero-order valence-electron chi connectivity index (χ0n) is 6.46. The zero-order chi connectivity index (χ0) is 8.33. The SMILES string of the molecule is CC(Cl)(C1(Cl)CC1)C1(Cl)CC1. The molecular weight excluding hydrogens is 202 g/mol. The van der Waals surface area contributed by atoms with Crippen molar-refractivity contribution < 1.29 is 0 Å². The Bertz CT molecular complexity index is 170. The third-order valence-corrected chi connectivity index (χ3v) is 5.49. The fourth-order valence-corrected chi connectivity index (χ4v) is 2.54. The summed E-state index contributed by atoms with van der Waals surface area (Å²) in [4.78, 5) is -0.803. The van der Waals surface area contributed by atoms with Crippen LogP contribution in [0.4, 0.5) is 0 Å². The molecule has 0 atom stereocenters. The van der Waals surface area contributed by atoms with Gasteiger partial charge in [0, 0.05) is 0 Å². The van der Waals surface area contributed by atoms with Crippen molar-refractivity contribution in [1.82, 2.24) is 0 Å². The highest BCUT2D eigenvalue weighted by atomic mass is 35.5. The molecule has 0 radical (unpaired) electrons. The van der Waals surface area contributed by atoms with E-state index in [2.05, 4.69) is 0 Å². The smallest absolute Gasteiger partial charge is 0.0800 e. The van der Waals surface area contributed by atoms with Gasteiger partial charge in [0.25, 0.3) is 0 Å². The first-order chi connectivity index (χ1) is 4.91. The van der Waals surface area contributed by atoms with Crippen LogP contribution in [0.25, 0.3) is 0 Å². The lowest BCUT2D eigenvalue weighted by Gasteiger charge is -2.32. The quantitative estimate of drug-likeness (QED) is 0.616. The molecule has 2 fully saturated rings. The first-order valence-electron chi connectivity index (χ1n) is 3.98. The van der Waals surface area contributed by atoms with Crippen molar-refractivity contribution in [3.05, 3.63) is 0 Å². The summed E-state index contributed by atoms with van der Waals surface area (Å²) in [5, 5.41) is 0. The molecule has 64 valence electrons. The summed E-state index contributed by atoms with van der Waals surface area (Å²) in [6.45, 7) is 1.98. The molecule has 0 spiro atoms. The standard InChI is InChI=1S/C8H11Cl3/c1-6(9,7(10)2-3-7)8(11)4-5-8/h2-5H2,1H3. The molecule has 0 saturated heterocycles. The molecule has 0 aromatic rings. The Morgan fingerprint density at radius 2 is 1.27 bits per heavy atom. The summed E-state index contributed by atoms with van der Waals surface area (Å²) >= 11 is 18.8. The van der Waals surface area contributed by atoms with Crippen molar-refractivity contribution >= 4 is 34.8 Å². The summed E-state index contributed by atoms with van der Waals surface area (Å²) in [7, 11) is 0. The van der Waals surface area contributed by atoms with E-state index in [4.69, 9.17) is 34.8 Å². The van der Waals surface area contributed by atoms with Gasteiger partial charge in [-0.2, -0.15) is 0 Å². The number of halogens is 3. The molecule has 0 N–H and O–H groups in total. The van der Waals surface area contributed by atoms with E-state index < -0.39 is 4.87 Å². The van der Waals surface area contributed by atoms with Crippen LogP contribution in [0.15, 0.2) is 0 Å². The summed E-state index contributed by atoms with van der Waals surface area (Å²) < 4.78 is 0. The molecule has 2 aliphatic rings. The molecular formula is C8H11Cl3. The van der Waals surface area contributed by atoms with Gasteiger partial charge in [0.2, 0.25) is 0 Å². The van der Waals surface area contributed by atoms with Crippen molar-refractivity contribution in [2.24, 2.45) is 0 Å². The third kappa shape index (κ3) is 1.03. The molecule has 0 amide bonds. The van der Waals surface area contributed by atoms with Crippen LogP contribution in [0, 0.1) is 0 Å². The lowest BCUT2D eigenvalue weighted by Crippen LogP contribution is -2.42. The molecule has 0 aromatic carbocycles. The minimum Gasteiger partial charge on any atom is -0.117 e. The topological polar surface area (TPSA) is 0 Å². The van der Waals surface area contributed by atoms with Crippen LogP contribution in [0.3, 0.4) is 0 Å². The minimum absolute atomic E-state index is 0.202. The number of hydrogen-bond acceptors (Lipinski definition) is 0. The maximum Gasteiger partial charge on any atom is 0.0800 e. The number of hydrogen-bond donors (Lipinski definition) is 0. The van der Waals surface area contributed by atoms with E-state index in [-0.39, 0.29) is 9.75 Å². The van der Waals surface area contributed by atoms with Crippen molar-refractivity contribution in [1.29, 1.82) is 0 Å². The molecule has 2 rings (SSSR count). The zero-order valence-corrected chi connectivity index (χ0v) is 8.73. The van der Waals surface area contributed by atoms with E-state index >= 15 is 0 Å². The molecule has 0 aliphatic heterocycles.